The Kier molecular flexibility index (Phi) is 6.43. The molecule has 1 saturated heterocycles. The Balaban J connectivity index is 1.74. The number of aromatic nitrogens is 2. The van der Waals surface area contributed by atoms with Gasteiger partial charge in [0.1, 0.15) is 0 Å². The van der Waals surface area contributed by atoms with Crippen LogP contribution in [0, 0.1) is 0 Å². The third kappa shape index (κ3) is 4.21. The molecule has 1 N–H and O–H groups in total. The van der Waals surface area contributed by atoms with E-state index in [1.165, 1.54) is 17.5 Å². The number of nitrogens with zero attached hydrogens (tertiary/aromatic N) is 3. The Morgan fingerprint density at radius 1 is 1.25 bits per heavy atom. The highest BCUT2D eigenvalue weighted by Gasteiger charge is 2.27. The standard InChI is InChI=1S/C22H24ClN3O5S/c1-3-26-19-6-5-16(32(28,29)25-8-10-31-11-9-25)14-18(19)24-22(26)17(23)12-15-4-7-20(27)21(13-15)30-2/h4-7,12-14,27H,3,8-11H2,1-2H3. The molecule has 1 fully saturated rings. The maximum atomic E-state index is 13.0. The lowest BCUT2D eigenvalue weighted by Gasteiger charge is -2.26. The summed E-state index contributed by atoms with van der Waals surface area (Å²) >= 11 is 6.62. The molecule has 0 radical (unpaired) electrons. The van der Waals surface area contributed by atoms with E-state index in [4.69, 9.17) is 21.1 Å². The minimum absolute atomic E-state index is 0.0376. The molecule has 0 saturated carbocycles. The van der Waals surface area contributed by atoms with Crippen LogP contribution in [0.3, 0.4) is 0 Å². The molecule has 0 unspecified atom stereocenters. The molecule has 10 heteroatoms. The number of hydrogen-bond donors (Lipinski definition) is 1. The smallest absolute Gasteiger partial charge is 0.243 e. The maximum Gasteiger partial charge on any atom is 0.243 e. The van der Waals surface area contributed by atoms with Crippen LogP contribution in [-0.2, 0) is 21.3 Å². The molecule has 1 aromatic heterocycles. The molecule has 3 aromatic rings. The Morgan fingerprint density at radius 2 is 2.00 bits per heavy atom. The first-order chi connectivity index (χ1) is 15.3. The van der Waals surface area contributed by atoms with Crippen molar-refractivity contribution in [3.8, 4) is 11.5 Å². The minimum atomic E-state index is -3.63. The van der Waals surface area contributed by atoms with E-state index in [0.29, 0.717) is 55.0 Å². The molecule has 0 bridgehead atoms. The van der Waals surface area contributed by atoms with Crippen LogP contribution in [0.5, 0.6) is 11.5 Å². The summed E-state index contributed by atoms with van der Waals surface area (Å²) in [4.78, 5) is 4.83. The number of aryl methyl sites for hydroxylation is 1. The highest BCUT2D eigenvalue weighted by Crippen LogP contribution is 2.31. The summed E-state index contributed by atoms with van der Waals surface area (Å²) in [5.41, 5.74) is 2.07. The van der Waals surface area contributed by atoms with Crippen LogP contribution < -0.4 is 4.74 Å². The molecule has 170 valence electrons. The second kappa shape index (κ2) is 9.11. The predicted molar refractivity (Wildman–Crippen MR) is 123 cm³/mol. The molecule has 0 amide bonds. The largest absolute Gasteiger partial charge is 0.504 e. The molecule has 2 heterocycles. The van der Waals surface area contributed by atoms with Crippen molar-refractivity contribution >= 4 is 43.8 Å². The van der Waals surface area contributed by atoms with Crippen molar-refractivity contribution < 1.29 is 23.0 Å². The fraction of sp³-hybridized carbons (Fsp3) is 0.318. The van der Waals surface area contributed by atoms with Crippen LogP contribution in [0.1, 0.15) is 18.3 Å². The first kappa shape index (κ1) is 22.6. The van der Waals surface area contributed by atoms with E-state index in [1.807, 2.05) is 11.5 Å². The average Bonchev–Trinajstić information content (AvgIpc) is 3.19. The van der Waals surface area contributed by atoms with Crippen molar-refractivity contribution in [1.82, 2.24) is 13.9 Å². The fourth-order valence-electron chi connectivity index (χ4n) is 3.70. The van der Waals surface area contributed by atoms with E-state index in [0.717, 1.165) is 11.1 Å². The molecule has 8 nitrogen and oxygen atoms in total. The van der Waals surface area contributed by atoms with Gasteiger partial charge in [-0.05, 0) is 48.9 Å². The Hall–Kier alpha value is -2.59. The van der Waals surface area contributed by atoms with E-state index in [-0.39, 0.29) is 10.6 Å². The summed E-state index contributed by atoms with van der Waals surface area (Å²) in [6, 6.07) is 9.86. The number of sulfonamides is 1. The number of phenols is 1. The number of fused-ring (bicyclic) bond motifs is 1. The van der Waals surface area contributed by atoms with E-state index in [2.05, 4.69) is 4.98 Å². The van der Waals surface area contributed by atoms with Crippen molar-refractivity contribution in [3.63, 3.8) is 0 Å². The van der Waals surface area contributed by atoms with Crippen molar-refractivity contribution in [1.29, 1.82) is 0 Å². The lowest BCUT2D eigenvalue weighted by Crippen LogP contribution is -2.40. The molecule has 2 aromatic carbocycles. The number of rotatable bonds is 6. The van der Waals surface area contributed by atoms with Crippen molar-refractivity contribution in [2.45, 2.75) is 18.4 Å². The van der Waals surface area contributed by atoms with Crippen molar-refractivity contribution in [2.24, 2.45) is 0 Å². The third-order valence-electron chi connectivity index (χ3n) is 5.35. The van der Waals surface area contributed by atoms with E-state index < -0.39 is 10.0 Å². The number of morpholine rings is 1. The van der Waals surface area contributed by atoms with Gasteiger partial charge in [-0.25, -0.2) is 13.4 Å². The van der Waals surface area contributed by atoms with Crippen molar-refractivity contribution in [3.05, 3.63) is 47.8 Å². The zero-order valence-corrected chi connectivity index (χ0v) is 19.4. The average molecular weight is 478 g/mol. The second-order valence-electron chi connectivity index (χ2n) is 7.27. The Morgan fingerprint density at radius 3 is 2.69 bits per heavy atom. The van der Waals surface area contributed by atoms with Gasteiger partial charge < -0.3 is 19.1 Å². The van der Waals surface area contributed by atoms with Gasteiger partial charge in [0.15, 0.2) is 17.3 Å². The Bertz CT molecular complexity index is 1280. The monoisotopic (exact) mass is 477 g/mol. The van der Waals surface area contributed by atoms with Gasteiger partial charge in [0.2, 0.25) is 10.0 Å². The number of phenolic OH excluding ortho intramolecular Hbond substituents is 1. The molecule has 32 heavy (non-hydrogen) atoms. The SMILES string of the molecule is CCn1c(C(Cl)=Cc2ccc(O)c(OC)c2)nc2cc(S(=O)(=O)N3CCOCC3)ccc21. The van der Waals surface area contributed by atoms with E-state index >= 15 is 0 Å². The van der Waals surface area contributed by atoms with Gasteiger partial charge in [-0.3, -0.25) is 0 Å². The van der Waals surface area contributed by atoms with Crippen LogP contribution in [0.4, 0.5) is 0 Å². The molecule has 0 spiro atoms. The quantitative estimate of drug-likeness (QED) is 0.583. The van der Waals surface area contributed by atoms with E-state index in [9.17, 15) is 13.5 Å². The number of imidazole rings is 1. The second-order valence-corrected chi connectivity index (χ2v) is 9.62. The molecule has 0 aliphatic carbocycles. The summed E-state index contributed by atoms with van der Waals surface area (Å²) in [6.45, 7) is 4.01. The number of aromatic hydroxyl groups is 1. The van der Waals surface area contributed by atoms with Gasteiger partial charge in [0.05, 0.1) is 41.3 Å². The summed E-state index contributed by atoms with van der Waals surface area (Å²) < 4.78 is 39.8. The lowest BCUT2D eigenvalue weighted by atomic mass is 10.2. The van der Waals surface area contributed by atoms with Crippen LogP contribution in [0.15, 0.2) is 41.3 Å². The van der Waals surface area contributed by atoms with Crippen LogP contribution >= 0.6 is 11.6 Å². The van der Waals surface area contributed by atoms with Gasteiger partial charge in [-0.1, -0.05) is 17.7 Å². The summed E-state index contributed by atoms with van der Waals surface area (Å²) in [5.74, 6) is 0.901. The molecule has 1 aliphatic rings. The number of benzene rings is 2. The maximum absolute atomic E-state index is 13.0. The van der Waals surface area contributed by atoms with Crippen molar-refractivity contribution in [2.75, 3.05) is 33.4 Å². The molecule has 4 rings (SSSR count). The molecule has 0 atom stereocenters. The highest BCUT2D eigenvalue weighted by molar-refractivity contribution is 7.89. The van der Waals surface area contributed by atoms with Crippen LogP contribution in [0.25, 0.3) is 22.1 Å². The first-order valence-electron chi connectivity index (χ1n) is 10.2. The van der Waals surface area contributed by atoms with Gasteiger partial charge in [-0.15, -0.1) is 0 Å². The fourth-order valence-corrected chi connectivity index (χ4v) is 5.40. The van der Waals surface area contributed by atoms with Crippen LogP contribution in [0.2, 0.25) is 0 Å². The Labute approximate surface area is 191 Å². The topological polar surface area (TPSA) is 93.9 Å². The first-order valence-corrected chi connectivity index (χ1v) is 12.0. The van der Waals surface area contributed by atoms with Gasteiger partial charge in [0.25, 0.3) is 0 Å². The number of methoxy groups -OCH3 is 1. The van der Waals surface area contributed by atoms with E-state index in [1.54, 1.807) is 36.4 Å². The van der Waals surface area contributed by atoms with Gasteiger partial charge in [-0.2, -0.15) is 4.31 Å². The number of ether oxygens (including phenoxy) is 2. The molecular weight excluding hydrogens is 454 g/mol. The minimum Gasteiger partial charge on any atom is -0.504 e. The normalized spacial score (nSPS) is 15.9. The molecular formula is C22H24ClN3O5S. The predicted octanol–water partition coefficient (Wildman–Crippen LogP) is 3.53. The van der Waals surface area contributed by atoms with Crippen LogP contribution in [-0.4, -0.2) is 60.8 Å². The molecule has 1 aliphatic heterocycles. The summed E-state index contributed by atoms with van der Waals surface area (Å²) in [7, 11) is -2.15. The number of halogens is 1. The third-order valence-corrected chi connectivity index (χ3v) is 7.53. The summed E-state index contributed by atoms with van der Waals surface area (Å²) in [6.07, 6.45) is 1.72. The zero-order valence-electron chi connectivity index (χ0n) is 17.8. The van der Waals surface area contributed by atoms with Gasteiger partial charge >= 0.3 is 0 Å². The highest BCUT2D eigenvalue weighted by atomic mass is 35.5. The summed E-state index contributed by atoms with van der Waals surface area (Å²) in [5, 5.41) is 10.2. The number of hydrogen-bond acceptors (Lipinski definition) is 6. The zero-order chi connectivity index (χ0) is 22.9. The van der Waals surface area contributed by atoms with Gasteiger partial charge in [0, 0.05) is 19.6 Å². The lowest BCUT2D eigenvalue weighted by molar-refractivity contribution is 0.0730.